The highest BCUT2D eigenvalue weighted by Gasteiger charge is 2.08. The van der Waals surface area contributed by atoms with E-state index in [1.54, 1.807) is 6.07 Å². The smallest absolute Gasteiger partial charge is 0.307 e. The van der Waals surface area contributed by atoms with Gasteiger partial charge in [-0.1, -0.05) is 0 Å². The molecule has 0 bridgehead atoms. The van der Waals surface area contributed by atoms with Crippen LogP contribution in [0.2, 0.25) is 0 Å². The predicted octanol–water partition coefficient (Wildman–Crippen LogP) is 2.46. The number of carboxylic acids is 1. The lowest BCUT2D eigenvalue weighted by Crippen LogP contribution is -2.01. The van der Waals surface area contributed by atoms with Crippen molar-refractivity contribution < 1.29 is 14.3 Å². The van der Waals surface area contributed by atoms with Gasteiger partial charge in [0, 0.05) is 24.5 Å². The lowest BCUT2D eigenvalue weighted by molar-refractivity contribution is -0.136. The molecule has 1 N–H and O–H groups in total. The molecule has 2 aromatic rings. The van der Waals surface area contributed by atoms with Gasteiger partial charge in [-0.25, -0.2) is 4.39 Å². The van der Waals surface area contributed by atoms with Crippen molar-refractivity contribution in [2.75, 3.05) is 0 Å². The maximum Gasteiger partial charge on any atom is 0.307 e. The van der Waals surface area contributed by atoms with Gasteiger partial charge in [-0.2, -0.15) is 0 Å². The van der Waals surface area contributed by atoms with Crippen molar-refractivity contribution in [2.24, 2.45) is 7.05 Å². The van der Waals surface area contributed by atoms with Crippen molar-refractivity contribution >= 4 is 5.97 Å². The number of hydrogen-bond acceptors (Lipinski definition) is 1. The summed E-state index contributed by atoms with van der Waals surface area (Å²) in [5, 5.41) is 8.71. The molecule has 3 nitrogen and oxygen atoms in total. The molecular formula is C13H12FNO2. The number of nitrogens with zero attached hydrogens (tertiary/aromatic N) is 1. The quantitative estimate of drug-likeness (QED) is 0.884. The number of halogens is 1. The van der Waals surface area contributed by atoms with E-state index in [0.29, 0.717) is 11.1 Å². The number of hydrogen-bond donors (Lipinski definition) is 1. The van der Waals surface area contributed by atoms with Crippen LogP contribution in [0.1, 0.15) is 5.56 Å². The standard InChI is InChI=1S/C13H12FNO2/c1-15-4-2-3-12(15)10-5-9(7-13(16)17)6-11(14)8-10/h2-6,8H,7H2,1H3,(H,16,17). The van der Waals surface area contributed by atoms with Gasteiger partial charge < -0.3 is 9.67 Å². The van der Waals surface area contributed by atoms with Gasteiger partial charge in [-0.3, -0.25) is 4.79 Å². The van der Waals surface area contributed by atoms with Crippen LogP contribution in [0.15, 0.2) is 36.5 Å². The van der Waals surface area contributed by atoms with Gasteiger partial charge in [0.25, 0.3) is 0 Å². The summed E-state index contributed by atoms with van der Waals surface area (Å²) < 4.78 is 15.3. The first-order chi connectivity index (χ1) is 8.06. The van der Waals surface area contributed by atoms with E-state index in [1.165, 1.54) is 12.1 Å². The highest BCUT2D eigenvalue weighted by Crippen LogP contribution is 2.22. The van der Waals surface area contributed by atoms with Crippen LogP contribution >= 0.6 is 0 Å². The number of rotatable bonds is 3. The zero-order valence-corrected chi connectivity index (χ0v) is 9.35. The molecule has 1 heterocycles. The zero-order valence-electron chi connectivity index (χ0n) is 9.35. The summed E-state index contributed by atoms with van der Waals surface area (Å²) in [6.07, 6.45) is 1.69. The van der Waals surface area contributed by atoms with E-state index in [2.05, 4.69) is 0 Å². The number of carboxylic acid groups (broad SMARTS) is 1. The summed E-state index contributed by atoms with van der Waals surface area (Å²) in [6.45, 7) is 0. The Bertz CT molecular complexity index is 560. The summed E-state index contributed by atoms with van der Waals surface area (Å²) in [5.74, 6) is -1.38. The van der Waals surface area contributed by atoms with Crippen molar-refractivity contribution in [3.05, 3.63) is 47.9 Å². The first-order valence-corrected chi connectivity index (χ1v) is 5.19. The largest absolute Gasteiger partial charge is 0.481 e. The first kappa shape index (κ1) is 11.4. The fourth-order valence-electron chi connectivity index (χ4n) is 1.84. The molecule has 88 valence electrons. The molecular weight excluding hydrogens is 221 g/mol. The SMILES string of the molecule is Cn1cccc1-c1cc(F)cc(CC(=O)O)c1. The zero-order chi connectivity index (χ0) is 12.4. The maximum absolute atomic E-state index is 13.4. The first-order valence-electron chi connectivity index (χ1n) is 5.19. The third-order valence-electron chi connectivity index (χ3n) is 2.55. The summed E-state index contributed by atoms with van der Waals surface area (Å²) in [6, 6.07) is 8.07. The molecule has 0 unspecified atom stereocenters. The van der Waals surface area contributed by atoms with E-state index >= 15 is 0 Å². The van der Waals surface area contributed by atoms with Crippen LogP contribution in [0.25, 0.3) is 11.3 Å². The lowest BCUT2D eigenvalue weighted by Gasteiger charge is -2.06. The molecule has 0 aliphatic carbocycles. The molecule has 2 rings (SSSR count). The van der Waals surface area contributed by atoms with Crippen LogP contribution in [0.5, 0.6) is 0 Å². The van der Waals surface area contributed by atoms with Crippen molar-refractivity contribution in [2.45, 2.75) is 6.42 Å². The molecule has 0 aliphatic heterocycles. The molecule has 0 saturated heterocycles. The Labute approximate surface area is 98.1 Å². The van der Waals surface area contributed by atoms with E-state index in [-0.39, 0.29) is 6.42 Å². The van der Waals surface area contributed by atoms with Gasteiger partial charge in [-0.05, 0) is 35.9 Å². The van der Waals surface area contributed by atoms with Gasteiger partial charge in [-0.15, -0.1) is 0 Å². The van der Waals surface area contributed by atoms with Gasteiger partial charge in [0.2, 0.25) is 0 Å². The molecule has 17 heavy (non-hydrogen) atoms. The third-order valence-corrected chi connectivity index (χ3v) is 2.55. The minimum absolute atomic E-state index is 0.171. The number of benzene rings is 1. The highest BCUT2D eigenvalue weighted by atomic mass is 19.1. The predicted molar refractivity (Wildman–Crippen MR) is 62.1 cm³/mol. The van der Waals surface area contributed by atoms with E-state index in [1.807, 2.05) is 29.9 Å². The van der Waals surface area contributed by atoms with Gasteiger partial charge in [0.05, 0.1) is 6.42 Å². The van der Waals surface area contributed by atoms with Crippen molar-refractivity contribution in [3.8, 4) is 11.3 Å². The highest BCUT2D eigenvalue weighted by molar-refractivity contribution is 5.71. The van der Waals surface area contributed by atoms with Crippen LogP contribution in [0, 0.1) is 5.82 Å². The Hall–Kier alpha value is -2.10. The van der Waals surface area contributed by atoms with Crippen LogP contribution < -0.4 is 0 Å². The molecule has 0 radical (unpaired) electrons. The van der Waals surface area contributed by atoms with E-state index < -0.39 is 11.8 Å². The van der Waals surface area contributed by atoms with Crippen LogP contribution in [-0.2, 0) is 18.3 Å². The molecule has 0 saturated carbocycles. The molecule has 0 aliphatic rings. The molecule has 4 heteroatoms. The average Bonchev–Trinajstić information content (AvgIpc) is 2.62. The van der Waals surface area contributed by atoms with Crippen LogP contribution in [0.4, 0.5) is 4.39 Å². The average molecular weight is 233 g/mol. The minimum Gasteiger partial charge on any atom is -0.481 e. The van der Waals surface area contributed by atoms with Crippen molar-refractivity contribution in [3.63, 3.8) is 0 Å². The molecule has 0 spiro atoms. The molecule has 0 atom stereocenters. The minimum atomic E-state index is -0.964. The van der Waals surface area contributed by atoms with E-state index in [9.17, 15) is 9.18 Å². The number of carbonyl (C=O) groups is 1. The van der Waals surface area contributed by atoms with E-state index in [0.717, 1.165) is 5.69 Å². The Morgan fingerprint density at radius 2 is 2.18 bits per heavy atom. The fraction of sp³-hybridized carbons (Fsp3) is 0.154. The lowest BCUT2D eigenvalue weighted by atomic mass is 10.1. The van der Waals surface area contributed by atoms with Crippen molar-refractivity contribution in [1.29, 1.82) is 0 Å². The molecule has 0 amide bonds. The molecule has 1 aromatic carbocycles. The normalized spacial score (nSPS) is 10.5. The third kappa shape index (κ3) is 2.53. The molecule has 1 aromatic heterocycles. The maximum atomic E-state index is 13.4. The second kappa shape index (κ2) is 4.41. The Balaban J connectivity index is 2.45. The van der Waals surface area contributed by atoms with Gasteiger partial charge >= 0.3 is 5.97 Å². The van der Waals surface area contributed by atoms with Crippen molar-refractivity contribution in [1.82, 2.24) is 4.57 Å². The molecule has 0 fully saturated rings. The summed E-state index contributed by atoms with van der Waals surface area (Å²) >= 11 is 0. The number of aryl methyl sites for hydroxylation is 1. The van der Waals surface area contributed by atoms with E-state index in [4.69, 9.17) is 5.11 Å². The Morgan fingerprint density at radius 3 is 2.76 bits per heavy atom. The summed E-state index contributed by atoms with van der Waals surface area (Å²) in [7, 11) is 1.86. The Morgan fingerprint density at radius 1 is 1.41 bits per heavy atom. The second-order valence-electron chi connectivity index (χ2n) is 3.92. The summed E-state index contributed by atoms with van der Waals surface area (Å²) in [5.41, 5.74) is 2.01. The van der Waals surface area contributed by atoms with Crippen LogP contribution in [0.3, 0.4) is 0 Å². The Kier molecular flexibility index (Phi) is 2.95. The fourth-order valence-corrected chi connectivity index (χ4v) is 1.84. The van der Waals surface area contributed by atoms with Crippen LogP contribution in [-0.4, -0.2) is 15.6 Å². The topological polar surface area (TPSA) is 42.2 Å². The van der Waals surface area contributed by atoms with Gasteiger partial charge in [0.1, 0.15) is 5.82 Å². The monoisotopic (exact) mass is 233 g/mol. The van der Waals surface area contributed by atoms with Gasteiger partial charge in [0.15, 0.2) is 0 Å². The number of aromatic nitrogens is 1. The second-order valence-corrected chi connectivity index (χ2v) is 3.92. The summed E-state index contributed by atoms with van der Waals surface area (Å²) in [4.78, 5) is 10.6. The number of aliphatic carboxylic acids is 1.